The van der Waals surface area contributed by atoms with Crippen LogP contribution in [0.2, 0.25) is 0 Å². The van der Waals surface area contributed by atoms with E-state index in [2.05, 4.69) is 4.72 Å². The molecule has 0 unspecified atom stereocenters. The first-order valence-electron chi connectivity index (χ1n) is 7.97. The maximum absolute atomic E-state index is 12.8. The fraction of sp³-hybridized carbons (Fsp3) is 0.235. The van der Waals surface area contributed by atoms with E-state index in [9.17, 15) is 23.3 Å². The maximum atomic E-state index is 12.8. The van der Waals surface area contributed by atoms with Crippen molar-refractivity contribution in [3.63, 3.8) is 0 Å². The molecule has 1 aliphatic rings. The minimum Gasteiger partial charge on any atom is -0.310 e. The molecular formula is C17H17N3O5S. The van der Waals surface area contributed by atoms with Gasteiger partial charge in [0.05, 0.1) is 21.2 Å². The number of amides is 1. The van der Waals surface area contributed by atoms with E-state index in [1.807, 2.05) is 0 Å². The number of aryl methyl sites for hydroxylation is 1. The summed E-state index contributed by atoms with van der Waals surface area (Å²) < 4.78 is 28.1. The number of nitro groups is 1. The van der Waals surface area contributed by atoms with Crippen molar-refractivity contribution >= 4 is 33.0 Å². The number of nitrogens with one attached hydrogen (secondary N) is 1. The van der Waals surface area contributed by atoms with E-state index in [0.717, 1.165) is 6.07 Å². The van der Waals surface area contributed by atoms with Crippen LogP contribution in [0.25, 0.3) is 0 Å². The molecular weight excluding hydrogens is 358 g/mol. The van der Waals surface area contributed by atoms with Crippen LogP contribution < -0.4 is 9.62 Å². The van der Waals surface area contributed by atoms with Crippen LogP contribution in [0.4, 0.5) is 17.1 Å². The lowest BCUT2D eigenvalue weighted by atomic mass is 10.2. The van der Waals surface area contributed by atoms with Crippen LogP contribution >= 0.6 is 0 Å². The molecule has 0 saturated carbocycles. The number of carbonyl (C=O) groups excluding carboxylic acids is 1. The van der Waals surface area contributed by atoms with Gasteiger partial charge in [-0.15, -0.1) is 0 Å². The first-order valence-corrected chi connectivity index (χ1v) is 9.45. The van der Waals surface area contributed by atoms with Gasteiger partial charge in [0, 0.05) is 25.1 Å². The quantitative estimate of drug-likeness (QED) is 0.638. The Bertz CT molecular complexity index is 988. The molecule has 8 nitrogen and oxygen atoms in total. The Morgan fingerprint density at radius 2 is 1.92 bits per heavy atom. The molecule has 0 atom stereocenters. The van der Waals surface area contributed by atoms with Gasteiger partial charge in [-0.2, -0.15) is 0 Å². The Kier molecular flexibility index (Phi) is 4.64. The number of para-hydroxylation sites is 2. The number of anilines is 2. The van der Waals surface area contributed by atoms with Crippen molar-refractivity contribution in [2.45, 2.75) is 24.7 Å². The molecule has 2 aromatic carbocycles. The molecule has 3 rings (SSSR count). The largest absolute Gasteiger partial charge is 0.310 e. The van der Waals surface area contributed by atoms with E-state index in [1.165, 1.54) is 17.0 Å². The zero-order valence-electron chi connectivity index (χ0n) is 14.0. The van der Waals surface area contributed by atoms with E-state index >= 15 is 0 Å². The van der Waals surface area contributed by atoms with Gasteiger partial charge in [-0.25, -0.2) is 8.42 Å². The van der Waals surface area contributed by atoms with Crippen LogP contribution in [0.3, 0.4) is 0 Å². The fourth-order valence-electron chi connectivity index (χ4n) is 2.89. The van der Waals surface area contributed by atoms with Crippen molar-refractivity contribution in [3.05, 3.63) is 58.1 Å². The van der Waals surface area contributed by atoms with Gasteiger partial charge in [-0.05, 0) is 31.0 Å². The third-order valence-electron chi connectivity index (χ3n) is 4.18. The molecule has 136 valence electrons. The molecule has 1 N–H and O–H groups in total. The fourth-order valence-corrected chi connectivity index (χ4v) is 4.23. The molecule has 0 spiro atoms. The highest BCUT2D eigenvalue weighted by atomic mass is 32.2. The summed E-state index contributed by atoms with van der Waals surface area (Å²) in [5, 5.41) is 11.0. The van der Waals surface area contributed by atoms with Crippen LogP contribution in [0.1, 0.15) is 18.4 Å². The third-order valence-corrected chi connectivity index (χ3v) is 5.69. The highest BCUT2D eigenvalue weighted by Gasteiger charge is 2.26. The normalized spacial score (nSPS) is 14.5. The van der Waals surface area contributed by atoms with Gasteiger partial charge in [0.1, 0.15) is 0 Å². The Labute approximate surface area is 150 Å². The molecule has 1 amide bonds. The highest BCUT2D eigenvalue weighted by Crippen LogP contribution is 2.32. The van der Waals surface area contributed by atoms with Crippen molar-refractivity contribution in [1.29, 1.82) is 0 Å². The molecule has 26 heavy (non-hydrogen) atoms. The molecule has 0 aromatic heterocycles. The minimum absolute atomic E-state index is 0.0665. The standard InChI is InChI=1S/C17H17N3O5S/c1-12-8-9-13(20(22)23)11-16(12)26(24,25)18-14-5-2-3-6-15(14)19-10-4-7-17(19)21/h2-3,5-6,8-9,11,18H,4,7,10H2,1H3. The van der Waals surface area contributed by atoms with Gasteiger partial charge >= 0.3 is 0 Å². The Balaban J connectivity index is 2.00. The number of sulfonamides is 1. The summed E-state index contributed by atoms with van der Waals surface area (Å²) in [6, 6.07) is 10.3. The maximum Gasteiger partial charge on any atom is 0.270 e. The van der Waals surface area contributed by atoms with Crippen LogP contribution in [0, 0.1) is 17.0 Å². The van der Waals surface area contributed by atoms with Crippen LogP contribution in [-0.2, 0) is 14.8 Å². The molecule has 9 heteroatoms. The van der Waals surface area contributed by atoms with Gasteiger partial charge in [-0.3, -0.25) is 19.6 Å². The molecule has 0 radical (unpaired) electrons. The summed E-state index contributed by atoms with van der Waals surface area (Å²) in [7, 11) is -4.06. The number of nitrogens with zero attached hydrogens (tertiary/aromatic N) is 2. The SMILES string of the molecule is Cc1ccc([N+](=O)[O-])cc1S(=O)(=O)Nc1ccccc1N1CCCC1=O. The molecule has 1 saturated heterocycles. The number of benzene rings is 2. The second-order valence-electron chi connectivity index (χ2n) is 5.98. The topological polar surface area (TPSA) is 110 Å². The second kappa shape index (κ2) is 6.75. The van der Waals surface area contributed by atoms with Crippen molar-refractivity contribution in [3.8, 4) is 0 Å². The van der Waals surface area contributed by atoms with Crippen LogP contribution in [0.5, 0.6) is 0 Å². The first kappa shape index (κ1) is 17.9. The summed E-state index contributed by atoms with van der Waals surface area (Å²) >= 11 is 0. The summed E-state index contributed by atoms with van der Waals surface area (Å²) in [5.41, 5.74) is 0.812. The summed E-state index contributed by atoms with van der Waals surface area (Å²) in [6.07, 6.45) is 1.13. The smallest absolute Gasteiger partial charge is 0.270 e. The monoisotopic (exact) mass is 375 g/mol. The van der Waals surface area contributed by atoms with E-state index in [1.54, 1.807) is 31.2 Å². The molecule has 0 aliphatic carbocycles. The van der Waals surface area contributed by atoms with Gasteiger partial charge in [0.15, 0.2) is 0 Å². The van der Waals surface area contributed by atoms with Gasteiger partial charge in [-0.1, -0.05) is 18.2 Å². The number of hydrogen-bond donors (Lipinski definition) is 1. The van der Waals surface area contributed by atoms with Gasteiger partial charge in [0.2, 0.25) is 5.91 Å². The third kappa shape index (κ3) is 3.38. The summed E-state index contributed by atoms with van der Waals surface area (Å²) in [6.45, 7) is 2.08. The van der Waals surface area contributed by atoms with Gasteiger partial charge < -0.3 is 4.90 Å². The minimum atomic E-state index is -4.06. The van der Waals surface area contributed by atoms with Crippen molar-refractivity contribution in [2.75, 3.05) is 16.2 Å². The lowest BCUT2D eigenvalue weighted by Gasteiger charge is -2.20. The zero-order valence-corrected chi connectivity index (χ0v) is 14.8. The molecule has 1 aliphatic heterocycles. The van der Waals surface area contributed by atoms with E-state index in [-0.39, 0.29) is 22.2 Å². The molecule has 0 bridgehead atoms. The number of hydrogen-bond acceptors (Lipinski definition) is 5. The lowest BCUT2D eigenvalue weighted by molar-refractivity contribution is -0.385. The Hall–Kier alpha value is -2.94. The first-order chi connectivity index (χ1) is 12.3. The van der Waals surface area contributed by atoms with Crippen molar-refractivity contribution in [2.24, 2.45) is 0 Å². The second-order valence-corrected chi connectivity index (χ2v) is 7.63. The average Bonchev–Trinajstić information content (AvgIpc) is 3.01. The number of nitro benzene ring substituents is 1. The number of non-ortho nitro benzene ring substituents is 1. The van der Waals surface area contributed by atoms with E-state index in [4.69, 9.17) is 0 Å². The number of rotatable bonds is 5. The average molecular weight is 375 g/mol. The number of carbonyl (C=O) groups is 1. The van der Waals surface area contributed by atoms with Crippen LogP contribution in [0.15, 0.2) is 47.4 Å². The molecule has 2 aromatic rings. The molecule has 1 fully saturated rings. The van der Waals surface area contributed by atoms with Crippen molar-refractivity contribution < 1.29 is 18.1 Å². The van der Waals surface area contributed by atoms with Gasteiger partial charge in [0.25, 0.3) is 15.7 Å². The Morgan fingerprint density at radius 1 is 1.19 bits per heavy atom. The highest BCUT2D eigenvalue weighted by molar-refractivity contribution is 7.92. The summed E-state index contributed by atoms with van der Waals surface area (Å²) in [5.74, 6) is -0.0665. The van der Waals surface area contributed by atoms with E-state index < -0.39 is 14.9 Å². The van der Waals surface area contributed by atoms with Crippen LogP contribution in [-0.4, -0.2) is 25.8 Å². The Morgan fingerprint density at radius 3 is 2.58 bits per heavy atom. The predicted molar refractivity (Wildman–Crippen MR) is 96.7 cm³/mol. The predicted octanol–water partition coefficient (Wildman–Crippen LogP) is 2.83. The lowest BCUT2D eigenvalue weighted by Crippen LogP contribution is -2.25. The van der Waals surface area contributed by atoms with E-state index in [0.29, 0.717) is 30.6 Å². The summed E-state index contributed by atoms with van der Waals surface area (Å²) in [4.78, 5) is 23.7. The molecule has 1 heterocycles. The van der Waals surface area contributed by atoms with Crippen molar-refractivity contribution in [1.82, 2.24) is 0 Å². The zero-order chi connectivity index (χ0) is 18.9.